The lowest BCUT2D eigenvalue weighted by Gasteiger charge is -1.97. The van der Waals surface area contributed by atoms with Gasteiger partial charge in [0.15, 0.2) is 0 Å². The largest absolute Gasteiger partial charge is 0.508 e. The summed E-state index contributed by atoms with van der Waals surface area (Å²) in [6, 6.07) is 26.7. The minimum Gasteiger partial charge on any atom is -0.508 e. The molecule has 0 fully saturated rings. The molecule has 0 atom stereocenters. The van der Waals surface area contributed by atoms with E-state index in [1.54, 1.807) is 24.3 Å². The Bertz CT molecular complexity index is 1120. The molecule has 4 N–H and O–H groups in total. The van der Waals surface area contributed by atoms with Crippen LogP contribution in [0.1, 0.15) is 7.43 Å². The van der Waals surface area contributed by atoms with Crippen molar-refractivity contribution < 1.29 is 20.4 Å². The smallest absolute Gasteiger partial charge is 0.146 e. The fourth-order valence-corrected chi connectivity index (χ4v) is 2.41. The van der Waals surface area contributed by atoms with Gasteiger partial charge in [-0.25, -0.2) is 0 Å². The van der Waals surface area contributed by atoms with Crippen LogP contribution in [0.3, 0.4) is 0 Å². The Labute approximate surface area is 191 Å². The van der Waals surface area contributed by atoms with E-state index in [4.69, 9.17) is 10.2 Å². The third kappa shape index (κ3) is 7.80. The van der Waals surface area contributed by atoms with Crippen molar-refractivity contribution in [2.45, 2.75) is 7.43 Å². The number of aromatic hydroxyl groups is 4. The molecule has 0 aromatic heterocycles. The van der Waals surface area contributed by atoms with Crippen LogP contribution in [-0.4, -0.2) is 20.4 Å². The summed E-state index contributed by atoms with van der Waals surface area (Å²) >= 11 is 0. The molecule has 0 spiro atoms. The molecule has 4 aromatic rings. The Morgan fingerprint density at radius 1 is 0.424 bits per heavy atom. The normalized spacial score (nSPS) is 10.4. The third-order valence-electron chi connectivity index (χ3n) is 3.98. The molecule has 0 aliphatic carbocycles. The highest BCUT2D eigenvalue weighted by Crippen LogP contribution is 2.32. The van der Waals surface area contributed by atoms with Crippen LogP contribution in [0.25, 0.3) is 0 Å². The fourth-order valence-electron chi connectivity index (χ4n) is 2.41. The Balaban J connectivity index is 0.000000227. The van der Waals surface area contributed by atoms with Crippen molar-refractivity contribution in [3.63, 3.8) is 0 Å². The average molecular weight is 444 g/mol. The summed E-state index contributed by atoms with van der Waals surface area (Å²) in [5, 5.41) is 52.8. The van der Waals surface area contributed by atoms with Crippen molar-refractivity contribution in [3.05, 3.63) is 97.1 Å². The van der Waals surface area contributed by atoms with Crippen LogP contribution in [0.2, 0.25) is 0 Å². The van der Waals surface area contributed by atoms with Gasteiger partial charge < -0.3 is 20.4 Å². The third-order valence-corrected chi connectivity index (χ3v) is 3.98. The van der Waals surface area contributed by atoms with Gasteiger partial charge in [-0.3, -0.25) is 0 Å². The zero-order valence-corrected chi connectivity index (χ0v) is 16.8. The number of phenolic OH excluding ortho intramolecular Hbond substituents is 4. The first-order valence-electron chi connectivity index (χ1n) is 9.49. The molecule has 4 aromatic carbocycles. The summed E-state index contributed by atoms with van der Waals surface area (Å²) in [6.45, 7) is 0. The van der Waals surface area contributed by atoms with Gasteiger partial charge >= 0.3 is 0 Å². The fraction of sp³-hybridized carbons (Fsp3) is 0.0400. The molecule has 0 aliphatic heterocycles. The van der Waals surface area contributed by atoms with Crippen molar-refractivity contribution in [1.29, 1.82) is 0 Å². The first-order valence-corrected chi connectivity index (χ1v) is 9.49. The zero-order chi connectivity index (χ0) is 22.8. The first-order chi connectivity index (χ1) is 15.5. The minimum atomic E-state index is -0.0975. The van der Waals surface area contributed by atoms with Crippen molar-refractivity contribution in [1.82, 2.24) is 0 Å². The molecule has 0 bridgehead atoms. The molecule has 8 heteroatoms. The number of azo groups is 2. The maximum absolute atomic E-state index is 9.46. The van der Waals surface area contributed by atoms with Gasteiger partial charge in [0.1, 0.15) is 34.4 Å². The number of nitrogens with zero attached hydrogens (tertiary/aromatic N) is 4. The quantitative estimate of drug-likeness (QED) is 0.241. The lowest BCUT2D eigenvalue weighted by Crippen LogP contribution is -1.68. The molecular formula is C25H24N4O4. The van der Waals surface area contributed by atoms with Crippen molar-refractivity contribution in [2.24, 2.45) is 20.5 Å². The molecule has 0 aliphatic rings. The van der Waals surface area contributed by atoms with E-state index in [-0.39, 0.29) is 30.4 Å². The Morgan fingerprint density at radius 2 is 0.788 bits per heavy atom. The van der Waals surface area contributed by atoms with E-state index in [0.717, 1.165) is 0 Å². The molecule has 0 unspecified atom stereocenters. The highest BCUT2D eigenvalue weighted by molar-refractivity contribution is 5.54. The topological polar surface area (TPSA) is 130 Å². The van der Waals surface area contributed by atoms with Crippen molar-refractivity contribution in [2.75, 3.05) is 0 Å². The second kappa shape index (κ2) is 12.2. The van der Waals surface area contributed by atoms with Gasteiger partial charge in [0.05, 0.1) is 11.4 Å². The predicted molar refractivity (Wildman–Crippen MR) is 128 cm³/mol. The number of rotatable bonds is 4. The molecule has 0 heterocycles. The molecule has 8 nitrogen and oxygen atoms in total. The van der Waals surface area contributed by atoms with E-state index < -0.39 is 0 Å². The second-order valence-electron chi connectivity index (χ2n) is 6.42. The van der Waals surface area contributed by atoms with Gasteiger partial charge in [0.2, 0.25) is 0 Å². The Morgan fingerprint density at radius 3 is 1.12 bits per heavy atom. The second-order valence-corrected chi connectivity index (χ2v) is 6.42. The molecule has 0 radical (unpaired) electrons. The van der Waals surface area contributed by atoms with E-state index >= 15 is 0 Å². The molecule has 0 saturated heterocycles. The highest BCUT2D eigenvalue weighted by atomic mass is 16.3. The van der Waals surface area contributed by atoms with Crippen LogP contribution in [-0.2, 0) is 0 Å². The lowest BCUT2D eigenvalue weighted by molar-refractivity contribution is 0.450. The molecule has 33 heavy (non-hydrogen) atoms. The Kier molecular flexibility index (Phi) is 9.08. The van der Waals surface area contributed by atoms with Gasteiger partial charge in [0, 0.05) is 12.1 Å². The first kappa shape index (κ1) is 24.5. The van der Waals surface area contributed by atoms with Crippen LogP contribution in [0.15, 0.2) is 118 Å². The van der Waals surface area contributed by atoms with Gasteiger partial charge in [-0.05, 0) is 48.5 Å². The van der Waals surface area contributed by atoms with Crippen LogP contribution in [0, 0.1) is 0 Å². The maximum atomic E-state index is 9.46. The number of hydrogen-bond donors (Lipinski definition) is 4. The van der Waals surface area contributed by atoms with E-state index in [2.05, 4.69) is 20.5 Å². The SMILES string of the molecule is C.Oc1ccc(N=Nc2ccccc2)c(O)c1.Oc1ccc(N=Nc2ccccc2)c(O)c1. The van der Waals surface area contributed by atoms with Gasteiger partial charge in [0.25, 0.3) is 0 Å². The average Bonchev–Trinajstić information content (AvgIpc) is 2.80. The molecular weight excluding hydrogens is 420 g/mol. The van der Waals surface area contributed by atoms with Crippen LogP contribution >= 0.6 is 0 Å². The number of phenols is 4. The molecule has 168 valence electrons. The molecule has 0 amide bonds. The van der Waals surface area contributed by atoms with Crippen LogP contribution in [0.4, 0.5) is 22.7 Å². The summed E-state index contributed by atoms with van der Waals surface area (Å²) < 4.78 is 0. The van der Waals surface area contributed by atoms with Crippen molar-refractivity contribution in [3.8, 4) is 23.0 Å². The predicted octanol–water partition coefficient (Wildman–Crippen LogP) is 7.66. The lowest BCUT2D eigenvalue weighted by atomic mass is 10.3. The summed E-state index contributed by atoms with van der Waals surface area (Å²) in [7, 11) is 0. The van der Waals surface area contributed by atoms with Crippen molar-refractivity contribution >= 4 is 22.7 Å². The van der Waals surface area contributed by atoms with E-state index in [1.165, 1.54) is 36.4 Å². The minimum absolute atomic E-state index is 0. The van der Waals surface area contributed by atoms with E-state index in [0.29, 0.717) is 22.7 Å². The highest BCUT2D eigenvalue weighted by Gasteiger charge is 2.01. The summed E-state index contributed by atoms with van der Waals surface area (Å²) in [5.41, 5.74) is 2.05. The van der Waals surface area contributed by atoms with Gasteiger partial charge in [-0.1, -0.05) is 43.8 Å². The summed E-state index contributed by atoms with van der Waals surface area (Å²) in [5.74, 6) is -0.202. The Hall–Kier alpha value is -4.72. The van der Waals surface area contributed by atoms with Crippen LogP contribution < -0.4 is 0 Å². The van der Waals surface area contributed by atoms with Gasteiger partial charge in [-0.15, -0.1) is 10.2 Å². The number of benzene rings is 4. The summed E-state index contributed by atoms with van der Waals surface area (Å²) in [4.78, 5) is 0. The van der Waals surface area contributed by atoms with E-state index in [1.807, 2.05) is 36.4 Å². The summed E-state index contributed by atoms with van der Waals surface area (Å²) in [6.07, 6.45) is 0. The zero-order valence-electron chi connectivity index (χ0n) is 16.8. The van der Waals surface area contributed by atoms with E-state index in [9.17, 15) is 10.2 Å². The molecule has 0 saturated carbocycles. The molecule has 4 rings (SSSR count). The number of hydrogen-bond acceptors (Lipinski definition) is 8. The van der Waals surface area contributed by atoms with Crippen LogP contribution in [0.5, 0.6) is 23.0 Å². The standard InChI is InChI=1S/2C12H10N2O2.CH4/c2*15-10-6-7-11(12(16)8-10)14-13-9-4-2-1-3-5-9;/h2*1-8,15-16H;1H4. The maximum Gasteiger partial charge on any atom is 0.146 e. The van der Waals surface area contributed by atoms with Gasteiger partial charge in [-0.2, -0.15) is 10.2 Å². The monoisotopic (exact) mass is 444 g/mol.